The van der Waals surface area contributed by atoms with Gasteiger partial charge in [-0.05, 0) is 48.6 Å². The van der Waals surface area contributed by atoms with Crippen LogP contribution in [0, 0.1) is 13.8 Å². The first-order chi connectivity index (χ1) is 9.11. The van der Waals surface area contributed by atoms with Crippen molar-refractivity contribution in [1.82, 2.24) is 4.98 Å². The first-order valence-corrected chi connectivity index (χ1v) is 6.79. The molecule has 2 heteroatoms. The summed E-state index contributed by atoms with van der Waals surface area (Å²) in [7, 11) is 0. The quantitative estimate of drug-likeness (QED) is 0.906. The molecule has 0 aliphatic heterocycles. The highest BCUT2D eigenvalue weighted by atomic mass is 16.3. The second-order valence-corrected chi connectivity index (χ2v) is 5.04. The fourth-order valence-corrected chi connectivity index (χ4v) is 2.30. The standard InChI is InChI=1S/C17H21NO/c1-4-15-6-5-9-18-17(15)16(19)11-14-8-7-12(2)13(3)10-14/h5-10,16,19H,4,11H2,1-3H3. The van der Waals surface area contributed by atoms with Gasteiger partial charge in [0, 0.05) is 12.6 Å². The number of rotatable bonds is 4. The van der Waals surface area contributed by atoms with E-state index in [4.69, 9.17) is 0 Å². The predicted molar refractivity (Wildman–Crippen MR) is 78.2 cm³/mol. The monoisotopic (exact) mass is 255 g/mol. The van der Waals surface area contributed by atoms with Gasteiger partial charge in [-0.2, -0.15) is 0 Å². The zero-order valence-electron chi connectivity index (χ0n) is 11.9. The summed E-state index contributed by atoms with van der Waals surface area (Å²) < 4.78 is 0. The molecule has 0 aliphatic carbocycles. The average molecular weight is 255 g/mol. The predicted octanol–water partition coefficient (Wildman–Crippen LogP) is 3.54. The minimum Gasteiger partial charge on any atom is -0.386 e. The molecule has 19 heavy (non-hydrogen) atoms. The Kier molecular flexibility index (Phi) is 4.33. The summed E-state index contributed by atoms with van der Waals surface area (Å²) in [6.45, 7) is 6.29. The van der Waals surface area contributed by atoms with Crippen molar-refractivity contribution in [2.75, 3.05) is 0 Å². The molecule has 2 aromatic rings. The lowest BCUT2D eigenvalue weighted by molar-refractivity contribution is 0.172. The maximum Gasteiger partial charge on any atom is 0.100 e. The van der Waals surface area contributed by atoms with Gasteiger partial charge in [0.1, 0.15) is 6.10 Å². The summed E-state index contributed by atoms with van der Waals surface area (Å²) in [5, 5.41) is 10.4. The molecule has 0 radical (unpaired) electrons. The number of aryl methyl sites for hydroxylation is 3. The van der Waals surface area contributed by atoms with Crippen LogP contribution in [-0.4, -0.2) is 10.1 Å². The van der Waals surface area contributed by atoms with Crippen LogP contribution in [-0.2, 0) is 12.8 Å². The van der Waals surface area contributed by atoms with Crippen LogP contribution >= 0.6 is 0 Å². The third-order valence-corrected chi connectivity index (χ3v) is 3.62. The molecular weight excluding hydrogens is 234 g/mol. The van der Waals surface area contributed by atoms with Gasteiger partial charge in [0.2, 0.25) is 0 Å². The number of pyridine rings is 1. The number of benzene rings is 1. The molecule has 100 valence electrons. The molecular formula is C17H21NO. The number of aliphatic hydroxyl groups excluding tert-OH is 1. The van der Waals surface area contributed by atoms with Gasteiger partial charge in [0.05, 0.1) is 5.69 Å². The summed E-state index contributed by atoms with van der Waals surface area (Å²) in [4.78, 5) is 4.34. The lowest BCUT2D eigenvalue weighted by atomic mass is 9.98. The summed E-state index contributed by atoms with van der Waals surface area (Å²) in [5.41, 5.74) is 5.64. The van der Waals surface area contributed by atoms with Crippen LogP contribution in [0.2, 0.25) is 0 Å². The molecule has 0 saturated carbocycles. The van der Waals surface area contributed by atoms with E-state index in [0.717, 1.165) is 23.2 Å². The first kappa shape index (κ1) is 13.8. The van der Waals surface area contributed by atoms with Crippen molar-refractivity contribution < 1.29 is 5.11 Å². The van der Waals surface area contributed by atoms with Crippen LogP contribution in [0.15, 0.2) is 36.5 Å². The Morgan fingerprint density at radius 2 is 1.95 bits per heavy atom. The van der Waals surface area contributed by atoms with Crippen LogP contribution in [0.3, 0.4) is 0 Å². The SMILES string of the molecule is CCc1cccnc1C(O)Cc1ccc(C)c(C)c1. The van der Waals surface area contributed by atoms with Gasteiger partial charge in [-0.1, -0.05) is 31.2 Å². The van der Waals surface area contributed by atoms with Crippen molar-refractivity contribution in [3.8, 4) is 0 Å². The lowest BCUT2D eigenvalue weighted by Crippen LogP contribution is -2.07. The fourth-order valence-electron chi connectivity index (χ4n) is 2.30. The van der Waals surface area contributed by atoms with E-state index in [2.05, 4.69) is 44.0 Å². The van der Waals surface area contributed by atoms with Crippen LogP contribution in [0.5, 0.6) is 0 Å². The van der Waals surface area contributed by atoms with Crippen molar-refractivity contribution >= 4 is 0 Å². The summed E-state index contributed by atoms with van der Waals surface area (Å²) in [5.74, 6) is 0. The second kappa shape index (κ2) is 5.98. The van der Waals surface area contributed by atoms with E-state index in [1.54, 1.807) is 6.20 Å². The van der Waals surface area contributed by atoms with Crippen molar-refractivity contribution in [3.05, 3.63) is 64.5 Å². The summed E-state index contributed by atoms with van der Waals surface area (Å²) in [6, 6.07) is 10.3. The number of hydrogen-bond acceptors (Lipinski definition) is 2. The Labute approximate surface area is 115 Å². The number of hydrogen-bond donors (Lipinski definition) is 1. The number of aliphatic hydroxyl groups is 1. The molecule has 1 aromatic carbocycles. The molecule has 0 spiro atoms. The van der Waals surface area contributed by atoms with Crippen molar-refractivity contribution in [2.45, 2.75) is 39.7 Å². The number of aromatic nitrogens is 1. The smallest absolute Gasteiger partial charge is 0.100 e. The van der Waals surface area contributed by atoms with E-state index >= 15 is 0 Å². The van der Waals surface area contributed by atoms with Crippen molar-refractivity contribution in [3.63, 3.8) is 0 Å². The molecule has 1 unspecified atom stereocenters. The van der Waals surface area contributed by atoms with E-state index in [1.165, 1.54) is 11.1 Å². The van der Waals surface area contributed by atoms with E-state index in [0.29, 0.717) is 6.42 Å². The Bertz CT molecular complexity index is 563. The molecule has 1 heterocycles. The zero-order chi connectivity index (χ0) is 13.8. The minimum absolute atomic E-state index is 0.529. The first-order valence-electron chi connectivity index (χ1n) is 6.79. The van der Waals surface area contributed by atoms with Gasteiger partial charge in [-0.15, -0.1) is 0 Å². The Morgan fingerprint density at radius 1 is 1.16 bits per heavy atom. The highest BCUT2D eigenvalue weighted by Crippen LogP contribution is 2.21. The topological polar surface area (TPSA) is 33.1 Å². The maximum atomic E-state index is 10.4. The maximum absolute atomic E-state index is 10.4. The van der Waals surface area contributed by atoms with Crippen LogP contribution < -0.4 is 0 Å². The highest BCUT2D eigenvalue weighted by molar-refractivity contribution is 5.31. The van der Waals surface area contributed by atoms with E-state index in [1.807, 2.05) is 12.1 Å². The molecule has 0 amide bonds. The Hall–Kier alpha value is -1.67. The van der Waals surface area contributed by atoms with Gasteiger partial charge in [0.15, 0.2) is 0 Å². The molecule has 0 fully saturated rings. The van der Waals surface area contributed by atoms with E-state index in [-0.39, 0.29) is 0 Å². The molecule has 1 atom stereocenters. The zero-order valence-corrected chi connectivity index (χ0v) is 11.9. The molecule has 2 rings (SSSR count). The Balaban J connectivity index is 2.20. The molecule has 1 aromatic heterocycles. The van der Waals surface area contributed by atoms with Crippen molar-refractivity contribution in [1.29, 1.82) is 0 Å². The third-order valence-electron chi connectivity index (χ3n) is 3.62. The largest absolute Gasteiger partial charge is 0.386 e. The molecule has 0 saturated heterocycles. The molecule has 0 bridgehead atoms. The highest BCUT2D eigenvalue weighted by Gasteiger charge is 2.13. The number of nitrogens with zero attached hydrogens (tertiary/aromatic N) is 1. The average Bonchev–Trinajstić information content (AvgIpc) is 2.43. The molecule has 0 aliphatic rings. The van der Waals surface area contributed by atoms with Gasteiger partial charge < -0.3 is 5.11 Å². The summed E-state index contributed by atoms with van der Waals surface area (Å²) >= 11 is 0. The van der Waals surface area contributed by atoms with Crippen molar-refractivity contribution in [2.24, 2.45) is 0 Å². The van der Waals surface area contributed by atoms with Gasteiger partial charge >= 0.3 is 0 Å². The van der Waals surface area contributed by atoms with E-state index < -0.39 is 6.10 Å². The van der Waals surface area contributed by atoms with Gasteiger partial charge in [-0.25, -0.2) is 0 Å². The van der Waals surface area contributed by atoms with Crippen LogP contribution in [0.25, 0.3) is 0 Å². The van der Waals surface area contributed by atoms with Gasteiger partial charge in [-0.3, -0.25) is 4.98 Å². The lowest BCUT2D eigenvalue weighted by Gasteiger charge is -2.14. The van der Waals surface area contributed by atoms with Crippen LogP contribution in [0.1, 0.15) is 41.0 Å². The normalized spacial score (nSPS) is 12.4. The van der Waals surface area contributed by atoms with E-state index in [9.17, 15) is 5.11 Å². The van der Waals surface area contributed by atoms with Crippen LogP contribution in [0.4, 0.5) is 0 Å². The summed E-state index contributed by atoms with van der Waals surface area (Å²) in [6.07, 6.45) is 2.73. The third kappa shape index (κ3) is 3.21. The Morgan fingerprint density at radius 3 is 2.63 bits per heavy atom. The van der Waals surface area contributed by atoms with Gasteiger partial charge in [0.25, 0.3) is 0 Å². The fraction of sp³-hybridized carbons (Fsp3) is 0.353. The molecule has 1 N–H and O–H groups in total. The second-order valence-electron chi connectivity index (χ2n) is 5.04. The minimum atomic E-state index is -0.529. The molecule has 2 nitrogen and oxygen atoms in total.